The summed E-state index contributed by atoms with van der Waals surface area (Å²) >= 11 is 5.98. The van der Waals surface area contributed by atoms with Gasteiger partial charge in [0.25, 0.3) is 0 Å². The van der Waals surface area contributed by atoms with Gasteiger partial charge in [0.1, 0.15) is 17.2 Å². The molecular formula is C24H19ClN2O2. The van der Waals surface area contributed by atoms with Gasteiger partial charge in [-0.2, -0.15) is 0 Å². The van der Waals surface area contributed by atoms with E-state index in [1.807, 2.05) is 96.0 Å². The highest BCUT2D eigenvalue weighted by Crippen LogP contribution is 2.26. The Bertz CT molecular complexity index is 1120. The Morgan fingerprint density at radius 3 is 2.34 bits per heavy atom. The van der Waals surface area contributed by atoms with Gasteiger partial charge in [-0.25, -0.2) is 0 Å². The number of hydrogen-bond donors (Lipinski definition) is 0. The molecule has 0 fully saturated rings. The zero-order valence-corrected chi connectivity index (χ0v) is 16.6. The molecule has 1 heterocycles. The molecule has 0 radical (unpaired) electrons. The maximum atomic E-state index is 5.98. The second-order valence-electron chi connectivity index (χ2n) is 6.36. The fraction of sp³-hybridized carbons (Fsp3) is 0.0417. The molecule has 0 aliphatic carbocycles. The van der Waals surface area contributed by atoms with Gasteiger partial charge in [0.05, 0.1) is 12.8 Å². The molecule has 4 aromatic rings. The van der Waals surface area contributed by atoms with Gasteiger partial charge in [-0.3, -0.25) is 4.99 Å². The molecule has 144 valence electrons. The van der Waals surface area contributed by atoms with Crippen molar-refractivity contribution in [1.29, 1.82) is 0 Å². The monoisotopic (exact) mass is 402 g/mol. The second kappa shape index (κ2) is 8.67. The van der Waals surface area contributed by atoms with E-state index in [-0.39, 0.29) is 0 Å². The normalized spacial score (nSPS) is 11.0. The van der Waals surface area contributed by atoms with Gasteiger partial charge in [-0.1, -0.05) is 17.7 Å². The Morgan fingerprint density at radius 1 is 0.862 bits per heavy atom. The van der Waals surface area contributed by atoms with Gasteiger partial charge < -0.3 is 14.0 Å². The van der Waals surface area contributed by atoms with E-state index < -0.39 is 0 Å². The van der Waals surface area contributed by atoms with E-state index in [4.69, 9.17) is 21.1 Å². The number of rotatable bonds is 6. The standard InChI is InChI=1S/C24H19ClN2O2/c1-28-22-11-7-21(8-12-22)27-14-13-18(17-27)16-26-20-5-9-23(10-6-20)29-24-4-2-3-19(25)15-24/h2-17H,1H3. The van der Waals surface area contributed by atoms with E-state index >= 15 is 0 Å². The lowest BCUT2D eigenvalue weighted by Gasteiger charge is -2.05. The van der Waals surface area contributed by atoms with Crippen LogP contribution in [0.1, 0.15) is 5.56 Å². The predicted molar refractivity (Wildman–Crippen MR) is 118 cm³/mol. The van der Waals surface area contributed by atoms with Crippen molar-refractivity contribution >= 4 is 23.5 Å². The zero-order valence-electron chi connectivity index (χ0n) is 15.8. The summed E-state index contributed by atoms with van der Waals surface area (Å²) in [5.41, 5.74) is 2.92. The number of ether oxygens (including phenoxy) is 2. The first-order chi connectivity index (χ1) is 14.2. The molecule has 0 unspecified atom stereocenters. The van der Waals surface area contributed by atoms with Gasteiger partial charge in [0, 0.05) is 34.9 Å². The van der Waals surface area contributed by atoms with Gasteiger partial charge in [0.2, 0.25) is 0 Å². The Kier molecular flexibility index (Phi) is 5.63. The molecule has 0 saturated carbocycles. The topological polar surface area (TPSA) is 35.8 Å². The molecule has 0 spiro atoms. The summed E-state index contributed by atoms with van der Waals surface area (Å²) in [6.45, 7) is 0. The minimum Gasteiger partial charge on any atom is -0.497 e. The number of aliphatic imine (C=N–C) groups is 1. The number of nitrogens with zero attached hydrogens (tertiary/aromatic N) is 2. The Balaban J connectivity index is 1.42. The van der Waals surface area contributed by atoms with Crippen LogP contribution in [-0.4, -0.2) is 17.9 Å². The average Bonchev–Trinajstić information content (AvgIpc) is 3.22. The molecule has 4 rings (SSSR count). The molecule has 0 bridgehead atoms. The highest BCUT2D eigenvalue weighted by Gasteiger charge is 2.00. The zero-order chi connectivity index (χ0) is 20.1. The summed E-state index contributed by atoms with van der Waals surface area (Å²) in [5.74, 6) is 2.27. The maximum Gasteiger partial charge on any atom is 0.128 e. The van der Waals surface area contributed by atoms with Crippen molar-refractivity contribution in [3.05, 3.63) is 102 Å². The molecule has 29 heavy (non-hydrogen) atoms. The van der Waals surface area contributed by atoms with Crippen molar-refractivity contribution in [3.8, 4) is 22.9 Å². The van der Waals surface area contributed by atoms with Crippen LogP contribution in [0.15, 0.2) is 96.2 Å². The van der Waals surface area contributed by atoms with Gasteiger partial charge in [-0.15, -0.1) is 0 Å². The third-order valence-electron chi connectivity index (χ3n) is 4.32. The van der Waals surface area contributed by atoms with Crippen LogP contribution in [0, 0.1) is 0 Å². The third-order valence-corrected chi connectivity index (χ3v) is 4.55. The number of methoxy groups -OCH3 is 1. The van der Waals surface area contributed by atoms with Crippen molar-refractivity contribution in [2.45, 2.75) is 0 Å². The molecule has 0 aliphatic rings. The lowest BCUT2D eigenvalue weighted by atomic mass is 10.3. The van der Waals surface area contributed by atoms with Crippen molar-refractivity contribution in [3.63, 3.8) is 0 Å². The molecule has 3 aromatic carbocycles. The number of aromatic nitrogens is 1. The summed E-state index contributed by atoms with van der Waals surface area (Å²) in [5, 5.41) is 0.644. The van der Waals surface area contributed by atoms with Crippen molar-refractivity contribution in [2.75, 3.05) is 7.11 Å². The van der Waals surface area contributed by atoms with Crippen LogP contribution in [0.2, 0.25) is 5.02 Å². The van der Waals surface area contributed by atoms with E-state index in [2.05, 4.69) is 4.99 Å². The van der Waals surface area contributed by atoms with Crippen LogP contribution >= 0.6 is 11.6 Å². The summed E-state index contributed by atoms with van der Waals surface area (Å²) in [7, 11) is 1.66. The first-order valence-corrected chi connectivity index (χ1v) is 9.47. The lowest BCUT2D eigenvalue weighted by Crippen LogP contribution is -1.90. The Morgan fingerprint density at radius 2 is 1.62 bits per heavy atom. The quantitative estimate of drug-likeness (QED) is 0.337. The highest BCUT2D eigenvalue weighted by atomic mass is 35.5. The predicted octanol–water partition coefficient (Wildman–Crippen LogP) is 6.68. The Labute approximate surface area is 174 Å². The minimum atomic E-state index is 0.644. The number of benzene rings is 3. The molecule has 4 nitrogen and oxygen atoms in total. The number of halogens is 1. The molecule has 5 heteroatoms. The number of hydrogen-bond acceptors (Lipinski definition) is 3. The molecule has 1 aromatic heterocycles. The van der Waals surface area contributed by atoms with E-state index in [1.54, 1.807) is 13.2 Å². The van der Waals surface area contributed by atoms with E-state index in [0.29, 0.717) is 10.8 Å². The molecule has 0 atom stereocenters. The molecule has 0 N–H and O–H groups in total. The second-order valence-corrected chi connectivity index (χ2v) is 6.80. The maximum absolute atomic E-state index is 5.98. The van der Waals surface area contributed by atoms with Crippen LogP contribution < -0.4 is 9.47 Å². The van der Waals surface area contributed by atoms with Gasteiger partial charge >= 0.3 is 0 Å². The summed E-state index contributed by atoms with van der Waals surface area (Å²) in [4.78, 5) is 4.54. The van der Waals surface area contributed by atoms with Crippen LogP contribution in [-0.2, 0) is 0 Å². The van der Waals surface area contributed by atoms with Crippen molar-refractivity contribution in [1.82, 2.24) is 4.57 Å². The van der Waals surface area contributed by atoms with Gasteiger partial charge in [-0.05, 0) is 72.8 Å². The fourth-order valence-corrected chi connectivity index (χ4v) is 3.00. The summed E-state index contributed by atoms with van der Waals surface area (Å²) < 4.78 is 13.0. The van der Waals surface area contributed by atoms with E-state index in [1.165, 1.54) is 0 Å². The van der Waals surface area contributed by atoms with Crippen molar-refractivity contribution in [2.24, 2.45) is 4.99 Å². The third kappa shape index (κ3) is 4.86. The largest absolute Gasteiger partial charge is 0.497 e. The fourth-order valence-electron chi connectivity index (χ4n) is 2.82. The average molecular weight is 403 g/mol. The molecular weight excluding hydrogens is 384 g/mol. The van der Waals surface area contributed by atoms with Crippen molar-refractivity contribution < 1.29 is 9.47 Å². The smallest absolute Gasteiger partial charge is 0.128 e. The van der Waals surface area contributed by atoms with E-state index in [9.17, 15) is 0 Å². The first kappa shape index (κ1) is 18.8. The summed E-state index contributed by atoms with van der Waals surface area (Å²) in [6.07, 6.45) is 5.87. The molecule has 0 aliphatic heterocycles. The van der Waals surface area contributed by atoms with E-state index in [0.717, 1.165) is 28.4 Å². The highest BCUT2D eigenvalue weighted by molar-refractivity contribution is 6.30. The Hall–Kier alpha value is -3.50. The SMILES string of the molecule is COc1ccc(-n2ccc(C=Nc3ccc(Oc4cccc(Cl)c4)cc3)c2)cc1. The molecule has 0 saturated heterocycles. The lowest BCUT2D eigenvalue weighted by molar-refractivity contribution is 0.415. The summed E-state index contributed by atoms with van der Waals surface area (Å²) in [6, 6.07) is 24.8. The van der Waals surface area contributed by atoms with Crippen LogP contribution in [0.4, 0.5) is 5.69 Å². The minimum absolute atomic E-state index is 0.644. The first-order valence-electron chi connectivity index (χ1n) is 9.09. The van der Waals surface area contributed by atoms with Crippen LogP contribution in [0.25, 0.3) is 5.69 Å². The van der Waals surface area contributed by atoms with Crippen LogP contribution in [0.3, 0.4) is 0 Å². The van der Waals surface area contributed by atoms with Gasteiger partial charge in [0.15, 0.2) is 0 Å². The van der Waals surface area contributed by atoms with Crippen LogP contribution in [0.5, 0.6) is 17.2 Å². The molecule has 0 amide bonds.